The van der Waals surface area contributed by atoms with Crippen LogP contribution in [0.1, 0.15) is 36.1 Å². The molecule has 0 aliphatic heterocycles. The minimum atomic E-state index is -1.22. The van der Waals surface area contributed by atoms with Gasteiger partial charge in [-0.2, -0.15) is 0 Å². The number of thiophene rings is 1. The standard InChI is InChI=1S/C15H18O4S/c1-7(2)12(14(16)17)13(15(18)19)9(4)11-6-8(3)20-10(11)5/h6H,1-5H3,(H,16,17)(H,18,19). The molecular formula is C15H18O4S. The van der Waals surface area contributed by atoms with E-state index < -0.39 is 11.9 Å². The highest BCUT2D eigenvalue weighted by atomic mass is 32.1. The lowest BCUT2D eigenvalue weighted by Gasteiger charge is -2.11. The van der Waals surface area contributed by atoms with E-state index in [4.69, 9.17) is 0 Å². The minimum Gasteiger partial charge on any atom is -0.478 e. The number of rotatable bonds is 4. The van der Waals surface area contributed by atoms with E-state index in [2.05, 4.69) is 0 Å². The van der Waals surface area contributed by atoms with Gasteiger partial charge in [0.25, 0.3) is 0 Å². The second-order valence-electron chi connectivity index (χ2n) is 4.81. The predicted molar refractivity (Wildman–Crippen MR) is 80.0 cm³/mol. The molecular weight excluding hydrogens is 276 g/mol. The van der Waals surface area contributed by atoms with Crippen LogP contribution in [0.4, 0.5) is 0 Å². The summed E-state index contributed by atoms with van der Waals surface area (Å²) >= 11 is 1.56. The van der Waals surface area contributed by atoms with Gasteiger partial charge < -0.3 is 10.2 Å². The monoisotopic (exact) mass is 294 g/mol. The molecule has 1 rings (SSSR count). The van der Waals surface area contributed by atoms with Crippen molar-refractivity contribution in [3.8, 4) is 0 Å². The molecule has 0 aliphatic carbocycles. The lowest BCUT2D eigenvalue weighted by molar-refractivity contribution is -0.136. The van der Waals surface area contributed by atoms with E-state index >= 15 is 0 Å². The van der Waals surface area contributed by atoms with Crippen molar-refractivity contribution in [2.45, 2.75) is 34.6 Å². The number of carbonyl (C=O) groups is 2. The Morgan fingerprint density at radius 2 is 1.50 bits per heavy atom. The molecule has 1 aromatic rings. The zero-order chi connectivity index (χ0) is 15.6. The molecule has 5 heteroatoms. The Kier molecular flexibility index (Phi) is 4.89. The fourth-order valence-electron chi connectivity index (χ4n) is 2.16. The van der Waals surface area contributed by atoms with Crippen molar-refractivity contribution in [2.24, 2.45) is 0 Å². The average Bonchev–Trinajstić information content (AvgIpc) is 2.62. The summed E-state index contributed by atoms with van der Waals surface area (Å²) in [6.45, 7) is 8.70. The van der Waals surface area contributed by atoms with Crippen molar-refractivity contribution in [2.75, 3.05) is 0 Å². The van der Waals surface area contributed by atoms with Gasteiger partial charge in [0.15, 0.2) is 0 Å². The van der Waals surface area contributed by atoms with Gasteiger partial charge in [-0.25, -0.2) is 9.59 Å². The summed E-state index contributed by atoms with van der Waals surface area (Å²) in [5, 5.41) is 18.7. The maximum absolute atomic E-state index is 11.5. The van der Waals surface area contributed by atoms with Crippen LogP contribution in [0.5, 0.6) is 0 Å². The van der Waals surface area contributed by atoms with Crippen LogP contribution in [0.2, 0.25) is 0 Å². The lowest BCUT2D eigenvalue weighted by atomic mass is 9.93. The van der Waals surface area contributed by atoms with Crippen molar-refractivity contribution < 1.29 is 19.8 Å². The van der Waals surface area contributed by atoms with Crippen LogP contribution < -0.4 is 0 Å². The summed E-state index contributed by atoms with van der Waals surface area (Å²) in [6.07, 6.45) is 0. The zero-order valence-corrected chi connectivity index (χ0v) is 13.0. The molecule has 0 aromatic carbocycles. The highest BCUT2D eigenvalue weighted by Crippen LogP contribution is 2.32. The Morgan fingerprint density at radius 3 is 1.80 bits per heavy atom. The normalized spacial score (nSPS) is 11.8. The van der Waals surface area contributed by atoms with Crippen LogP contribution in [0.25, 0.3) is 5.57 Å². The molecule has 4 nitrogen and oxygen atoms in total. The average molecular weight is 294 g/mol. The first-order valence-electron chi connectivity index (χ1n) is 6.09. The molecule has 20 heavy (non-hydrogen) atoms. The number of hydrogen-bond donors (Lipinski definition) is 2. The molecule has 0 atom stereocenters. The SMILES string of the molecule is CC(C)=C(C(=O)O)C(C(=O)O)=C(C)c1cc(C)sc1C. The Hall–Kier alpha value is -1.88. The van der Waals surface area contributed by atoms with Gasteiger partial charge in [-0.3, -0.25) is 0 Å². The summed E-state index contributed by atoms with van der Waals surface area (Å²) < 4.78 is 0. The second-order valence-corrected chi connectivity index (χ2v) is 6.27. The Balaban J connectivity index is 3.66. The van der Waals surface area contributed by atoms with Gasteiger partial charge >= 0.3 is 11.9 Å². The number of allylic oxidation sites excluding steroid dienone is 2. The molecule has 2 N–H and O–H groups in total. The summed E-state index contributed by atoms with van der Waals surface area (Å²) in [7, 11) is 0. The molecule has 0 amide bonds. The van der Waals surface area contributed by atoms with Gasteiger partial charge in [0, 0.05) is 9.75 Å². The third-order valence-corrected chi connectivity index (χ3v) is 3.96. The molecule has 0 fully saturated rings. The smallest absolute Gasteiger partial charge is 0.336 e. The molecule has 0 bridgehead atoms. The predicted octanol–water partition coefficient (Wildman–Crippen LogP) is 3.64. The molecule has 1 heterocycles. The van der Waals surface area contributed by atoms with Gasteiger partial charge in [-0.15, -0.1) is 11.3 Å². The van der Waals surface area contributed by atoms with Gasteiger partial charge in [0.05, 0.1) is 11.1 Å². The van der Waals surface area contributed by atoms with Crippen LogP contribution in [-0.4, -0.2) is 22.2 Å². The maximum Gasteiger partial charge on any atom is 0.336 e. The van der Waals surface area contributed by atoms with E-state index in [1.165, 1.54) is 0 Å². The largest absolute Gasteiger partial charge is 0.478 e. The number of aliphatic carboxylic acids is 2. The van der Waals surface area contributed by atoms with E-state index in [0.29, 0.717) is 11.1 Å². The zero-order valence-electron chi connectivity index (χ0n) is 12.2. The van der Waals surface area contributed by atoms with Crippen molar-refractivity contribution in [3.63, 3.8) is 0 Å². The third-order valence-electron chi connectivity index (χ3n) is 3.00. The van der Waals surface area contributed by atoms with Crippen molar-refractivity contribution in [1.82, 2.24) is 0 Å². The van der Waals surface area contributed by atoms with Crippen LogP contribution in [0, 0.1) is 13.8 Å². The van der Waals surface area contributed by atoms with E-state index in [9.17, 15) is 19.8 Å². The Bertz CT molecular complexity index is 628. The summed E-state index contributed by atoms with van der Waals surface area (Å²) in [4.78, 5) is 24.9. The van der Waals surface area contributed by atoms with E-state index in [1.54, 1.807) is 32.1 Å². The molecule has 0 saturated carbocycles. The number of hydrogen-bond acceptors (Lipinski definition) is 3. The van der Waals surface area contributed by atoms with Gasteiger partial charge in [0.2, 0.25) is 0 Å². The topological polar surface area (TPSA) is 74.6 Å². The first-order valence-corrected chi connectivity index (χ1v) is 6.91. The molecule has 0 radical (unpaired) electrons. The molecule has 1 aromatic heterocycles. The van der Waals surface area contributed by atoms with E-state index in [0.717, 1.165) is 15.3 Å². The molecule has 0 unspecified atom stereocenters. The first kappa shape index (κ1) is 16.2. The molecule has 108 valence electrons. The van der Waals surface area contributed by atoms with Crippen LogP contribution in [0.3, 0.4) is 0 Å². The summed E-state index contributed by atoms with van der Waals surface area (Å²) in [6, 6.07) is 1.89. The molecule has 0 spiro atoms. The van der Waals surface area contributed by atoms with E-state index in [-0.39, 0.29) is 11.1 Å². The third kappa shape index (κ3) is 3.17. The van der Waals surface area contributed by atoms with E-state index in [1.807, 2.05) is 19.9 Å². The highest BCUT2D eigenvalue weighted by Gasteiger charge is 2.25. The van der Waals surface area contributed by atoms with Crippen molar-refractivity contribution in [3.05, 3.63) is 38.1 Å². The van der Waals surface area contributed by atoms with Crippen molar-refractivity contribution in [1.29, 1.82) is 0 Å². The maximum atomic E-state index is 11.5. The van der Waals surface area contributed by atoms with Gasteiger partial charge in [-0.05, 0) is 51.8 Å². The second kappa shape index (κ2) is 6.05. The summed E-state index contributed by atoms with van der Waals surface area (Å²) in [5.74, 6) is -2.43. The number of carboxylic acids is 2. The van der Waals surface area contributed by atoms with Gasteiger partial charge in [0.1, 0.15) is 0 Å². The highest BCUT2D eigenvalue weighted by molar-refractivity contribution is 7.12. The van der Waals surface area contributed by atoms with Crippen molar-refractivity contribution >= 4 is 28.8 Å². The lowest BCUT2D eigenvalue weighted by Crippen LogP contribution is -2.14. The van der Waals surface area contributed by atoms with Crippen LogP contribution >= 0.6 is 11.3 Å². The Morgan fingerprint density at radius 1 is 1.00 bits per heavy atom. The number of aryl methyl sites for hydroxylation is 2. The fraction of sp³-hybridized carbons (Fsp3) is 0.333. The van der Waals surface area contributed by atoms with Crippen LogP contribution in [-0.2, 0) is 9.59 Å². The first-order chi connectivity index (χ1) is 9.16. The number of carboxylic acid groups (broad SMARTS) is 2. The molecule has 0 saturated heterocycles. The molecule has 0 aliphatic rings. The summed E-state index contributed by atoms with van der Waals surface area (Å²) in [5.41, 5.74) is 1.47. The minimum absolute atomic E-state index is 0.140. The quantitative estimate of drug-likeness (QED) is 0.656. The fourth-order valence-corrected chi connectivity index (χ4v) is 3.15. The Labute approximate surface area is 122 Å². The van der Waals surface area contributed by atoms with Gasteiger partial charge in [-0.1, -0.05) is 5.57 Å². The van der Waals surface area contributed by atoms with Crippen LogP contribution in [0.15, 0.2) is 22.8 Å².